The van der Waals surface area contributed by atoms with Crippen LogP contribution in [0.2, 0.25) is 0 Å². The molecule has 0 atom stereocenters. The maximum Gasteiger partial charge on any atom is 0.182 e. The highest BCUT2D eigenvalue weighted by Gasteiger charge is 2.10. The maximum absolute atomic E-state index is 14.1. The van der Waals surface area contributed by atoms with Gasteiger partial charge >= 0.3 is 0 Å². The molecule has 1 N–H and O–H groups in total. The molecule has 19 heavy (non-hydrogen) atoms. The zero-order chi connectivity index (χ0) is 13.6. The van der Waals surface area contributed by atoms with Gasteiger partial charge in [0.2, 0.25) is 0 Å². The van der Waals surface area contributed by atoms with E-state index >= 15 is 0 Å². The van der Waals surface area contributed by atoms with Crippen LogP contribution in [-0.4, -0.2) is 9.55 Å². The summed E-state index contributed by atoms with van der Waals surface area (Å²) < 4.78 is 17.5. The number of nitrogens with one attached hydrogen (secondary N) is 1. The molecule has 0 radical (unpaired) electrons. The van der Waals surface area contributed by atoms with Gasteiger partial charge in [0.25, 0.3) is 0 Å². The number of aromatic amines is 1. The Morgan fingerprint density at radius 3 is 2.74 bits per heavy atom. The molecular weight excluding hydrogens is 374 g/mol. The molecule has 0 spiro atoms. The van der Waals surface area contributed by atoms with Crippen LogP contribution in [0, 0.1) is 21.1 Å². The SMILES string of the molecule is Cc1ccc(-n2c(=S)[nH]c3cc(I)ccc32)c(F)c1. The molecule has 0 amide bonds. The molecule has 0 aliphatic carbocycles. The van der Waals surface area contributed by atoms with E-state index < -0.39 is 0 Å². The molecule has 96 valence electrons. The minimum absolute atomic E-state index is 0.268. The van der Waals surface area contributed by atoms with E-state index in [0.717, 1.165) is 20.2 Å². The molecular formula is C14H10FIN2S. The number of hydrogen-bond acceptors (Lipinski definition) is 1. The Labute approximate surface area is 128 Å². The largest absolute Gasteiger partial charge is 0.330 e. The lowest BCUT2D eigenvalue weighted by atomic mass is 10.2. The van der Waals surface area contributed by atoms with Crippen molar-refractivity contribution in [2.75, 3.05) is 0 Å². The van der Waals surface area contributed by atoms with Crippen LogP contribution < -0.4 is 0 Å². The summed E-state index contributed by atoms with van der Waals surface area (Å²) in [7, 11) is 0. The van der Waals surface area contributed by atoms with Gasteiger partial charge in [0.05, 0.1) is 16.7 Å². The number of nitrogens with zero attached hydrogens (tertiary/aromatic N) is 1. The van der Waals surface area contributed by atoms with Crippen molar-refractivity contribution in [2.24, 2.45) is 0 Å². The number of hydrogen-bond donors (Lipinski definition) is 1. The Bertz CT molecular complexity index is 835. The molecule has 0 bridgehead atoms. The molecule has 3 aromatic rings. The van der Waals surface area contributed by atoms with Gasteiger partial charge in [0, 0.05) is 3.57 Å². The number of imidazole rings is 1. The molecule has 5 heteroatoms. The minimum atomic E-state index is -0.268. The van der Waals surface area contributed by atoms with Crippen LogP contribution in [0.4, 0.5) is 4.39 Å². The third kappa shape index (κ3) is 2.21. The van der Waals surface area contributed by atoms with Crippen LogP contribution in [-0.2, 0) is 0 Å². The van der Waals surface area contributed by atoms with Crippen molar-refractivity contribution in [3.63, 3.8) is 0 Å². The average molecular weight is 384 g/mol. The minimum Gasteiger partial charge on any atom is -0.330 e. The third-order valence-electron chi connectivity index (χ3n) is 2.99. The van der Waals surface area contributed by atoms with Crippen LogP contribution in [0.5, 0.6) is 0 Å². The Kier molecular flexibility index (Phi) is 3.18. The van der Waals surface area contributed by atoms with Crippen molar-refractivity contribution in [3.05, 3.63) is 56.1 Å². The van der Waals surface area contributed by atoms with E-state index in [1.54, 1.807) is 10.6 Å². The van der Waals surface area contributed by atoms with Gasteiger partial charge in [-0.15, -0.1) is 0 Å². The van der Waals surface area contributed by atoms with Crippen LogP contribution in [0.25, 0.3) is 16.7 Å². The highest BCUT2D eigenvalue weighted by molar-refractivity contribution is 14.1. The number of rotatable bonds is 1. The van der Waals surface area contributed by atoms with Crippen molar-refractivity contribution in [3.8, 4) is 5.69 Å². The summed E-state index contributed by atoms with van der Waals surface area (Å²) in [4.78, 5) is 3.11. The second-order valence-electron chi connectivity index (χ2n) is 4.38. The van der Waals surface area contributed by atoms with E-state index in [9.17, 15) is 4.39 Å². The fourth-order valence-corrected chi connectivity index (χ4v) is 2.91. The molecule has 3 rings (SSSR count). The quantitative estimate of drug-likeness (QED) is 0.475. The van der Waals surface area contributed by atoms with Crippen LogP contribution in [0.3, 0.4) is 0 Å². The molecule has 2 nitrogen and oxygen atoms in total. The number of H-pyrrole nitrogens is 1. The lowest BCUT2D eigenvalue weighted by Gasteiger charge is -2.06. The number of halogens is 2. The predicted octanol–water partition coefficient (Wildman–Crippen LogP) is 4.74. The summed E-state index contributed by atoms with van der Waals surface area (Å²) in [5, 5.41) is 0. The first-order valence-electron chi connectivity index (χ1n) is 5.73. The number of benzene rings is 2. The number of aryl methyl sites for hydroxylation is 1. The first kappa shape index (κ1) is 12.8. The van der Waals surface area contributed by atoms with E-state index in [2.05, 4.69) is 27.6 Å². The fraction of sp³-hybridized carbons (Fsp3) is 0.0714. The molecule has 0 aliphatic heterocycles. The summed E-state index contributed by atoms with van der Waals surface area (Å²) in [5.41, 5.74) is 3.16. The highest BCUT2D eigenvalue weighted by atomic mass is 127. The van der Waals surface area contributed by atoms with Crippen LogP contribution in [0.15, 0.2) is 36.4 Å². The van der Waals surface area contributed by atoms with Gasteiger partial charge in [-0.25, -0.2) is 4.39 Å². The predicted molar refractivity (Wildman–Crippen MR) is 85.9 cm³/mol. The van der Waals surface area contributed by atoms with Gasteiger partial charge in [-0.3, -0.25) is 4.57 Å². The zero-order valence-corrected chi connectivity index (χ0v) is 13.0. The van der Waals surface area contributed by atoms with Gasteiger partial charge in [0.15, 0.2) is 4.77 Å². The highest BCUT2D eigenvalue weighted by Crippen LogP contribution is 2.23. The van der Waals surface area contributed by atoms with Crippen molar-refractivity contribution in [1.29, 1.82) is 0 Å². The first-order chi connectivity index (χ1) is 9.06. The van der Waals surface area contributed by atoms with E-state index in [1.165, 1.54) is 6.07 Å². The van der Waals surface area contributed by atoms with E-state index in [-0.39, 0.29) is 5.82 Å². The average Bonchev–Trinajstić information content (AvgIpc) is 2.65. The van der Waals surface area contributed by atoms with E-state index in [4.69, 9.17) is 12.2 Å². The van der Waals surface area contributed by atoms with Gasteiger partial charge < -0.3 is 4.98 Å². The van der Waals surface area contributed by atoms with Crippen LogP contribution >= 0.6 is 34.8 Å². The monoisotopic (exact) mass is 384 g/mol. The smallest absolute Gasteiger partial charge is 0.182 e. The van der Waals surface area contributed by atoms with Gasteiger partial charge in [-0.05, 0) is 77.6 Å². The number of fused-ring (bicyclic) bond motifs is 1. The maximum atomic E-state index is 14.1. The Balaban J connectivity index is 2.36. The molecule has 1 aromatic heterocycles. The lowest BCUT2D eigenvalue weighted by molar-refractivity contribution is 0.617. The second kappa shape index (κ2) is 4.72. The Morgan fingerprint density at radius 1 is 1.21 bits per heavy atom. The van der Waals surface area contributed by atoms with Gasteiger partial charge in [0.1, 0.15) is 5.82 Å². The lowest BCUT2D eigenvalue weighted by Crippen LogP contribution is -1.98. The third-order valence-corrected chi connectivity index (χ3v) is 3.94. The molecule has 0 aliphatic rings. The van der Waals surface area contributed by atoms with Crippen molar-refractivity contribution in [2.45, 2.75) is 6.92 Å². The molecule has 1 heterocycles. The second-order valence-corrected chi connectivity index (χ2v) is 6.01. The molecule has 0 saturated carbocycles. The summed E-state index contributed by atoms with van der Waals surface area (Å²) in [5.74, 6) is -0.268. The topological polar surface area (TPSA) is 20.7 Å². The molecule has 0 unspecified atom stereocenters. The normalized spacial score (nSPS) is 11.1. The van der Waals surface area contributed by atoms with E-state index in [0.29, 0.717) is 10.5 Å². The van der Waals surface area contributed by atoms with Crippen molar-refractivity contribution < 1.29 is 4.39 Å². The van der Waals surface area contributed by atoms with E-state index in [1.807, 2.05) is 31.2 Å². The number of aromatic nitrogens is 2. The molecule has 0 fully saturated rings. The molecule has 0 saturated heterocycles. The Morgan fingerprint density at radius 2 is 2.00 bits per heavy atom. The van der Waals surface area contributed by atoms with Gasteiger partial charge in [-0.2, -0.15) is 0 Å². The standard InChI is InChI=1S/C14H10FIN2S/c1-8-2-4-12(10(15)6-8)18-13-5-3-9(16)7-11(13)17-14(18)19/h2-7H,1H3,(H,17,19). The van der Waals surface area contributed by atoms with Crippen molar-refractivity contribution >= 4 is 45.8 Å². The van der Waals surface area contributed by atoms with Crippen molar-refractivity contribution in [1.82, 2.24) is 9.55 Å². The zero-order valence-electron chi connectivity index (χ0n) is 10.1. The molecule has 2 aromatic carbocycles. The Hall–Kier alpha value is -1.21. The van der Waals surface area contributed by atoms with Gasteiger partial charge in [-0.1, -0.05) is 6.07 Å². The summed E-state index contributed by atoms with van der Waals surface area (Å²) >= 11 is 7.55. The fourth-order valence-electron chi connectivity index (χ4n) is 2.12. The first-order valence-corrected chi connectivity index (χ1v) is 7.22. The summed E-state index contributed by atoms with van der Waals surface area (Å²) in [6.45, 7) is 1.86. The van der Waals surface area contributed by atoms with Crippen LogP contribution in [0.1, 0.15) is 5.56 Å². The summed E-state index contributed by atoms with van der Waals surface area (Å²) in [6, 6.07) is 11.1. The summed E-state index contributed by atoms with van der Waals surface area (Å²) in [6.07, 6.45) is 0.